The van der Waals surface area contributed by atoms with Gasteiger partial charge in [-0.3, -0.25) is 9.36 Å². The van der Waals surface area contributed by atoms with Gasteiger partial charge in [0.2, 0.25) is 0 Å². The number of carbonyl (C=O) groups excluding carboxylic acids is 1. The Kier molecular flexibility index (Phi) is 4.31. The smallest absolute Gasteiger partial charge is 0.266 e. The largest absolute Gasteiger partial charge is 0.364 e. The van der Waals surface area contributed by atoms with Crippen molar-refractivity contribution in [3.63, 3.8) is 0 Å². The highest BCUT2D eigenvalue weighted by Gasteiger charge is 2.33. The molecule has 0 aliphatic carbocycles. The Balaban J connectivity index is 2.39. The number of carbonyl (C=O) groups is 1. The fraction of sp³-hybridized carbons (Fsp3) is 0. The number of nitrogens with two attached hydrogens (primary N) is 1. The van der Waals surface area contributed by atoms with E-state index >= 15 is 0 Å². The summed E-state index contributed by atoms with van der Waals surface area (Å²) in [6.45, 7) is 0. The average molecular weight is 385 g/mol. The van der Waals surface area contributed by atoms with Crippen LogP contribution in [-0.4, -0.2) is 15.8 Å². The van der Waals surface area contributed by atoms with Crippen molar-refractivity contribution in [2.24, 2.45) is 5.73 Å². The van der Waals surface area contributed by atoms with Crippen LogP contribution < -0.4 is 16.3 Å². The van der Waals surface area contributed by atoms with Gasteiger partial charge in [-0.15, -0.1) is 0 Å². The SMILES string of the molecule is N#Cc1cc(C#N)cc(P(=O)(O)c2c(C(N)=O)[nH]c3ccc(Cl)cc23)c1. The van der Waals surface area contributed by atoms with E-state index in [9.17, 15) is 14.3 Å². The van der Waals surface area contributed by atoms with Crippen molar-refractivity contribution in [3.8, 4) is 12.1 Å². The number of hydrogen-bond acceptors (Lipinski definition) is 4. The normalized spacial score (nSPS) is 12.9. The van der Waals surface area contributed by atoms with Crippen molar-refractivity contribution >= 4 is 46.4 Å². The summed E-state index contributed by atoms with van der Waals surface area (Å²) >= 11 is 5.98. The molecule has 1 atom stereocenters. The van der Waals surface area contributed by atoms with Crippen molar-refractivity contribution in [2.45, 2.75) is 0 Å². The fourth-order valence-corrected chi connectivity index (χ4v) is 4.73. The summed E-state index contributed by atoms with van der Waals surface area (Å²) in [6.07, 6.45) is 0. The number of H-pyrrole nitrogens is 1. The number of hydrogen-bond donors (Lipinski definition) is 3. The first-order chi connectivity index (χ1) is 12.3. The van der Waals surface area contributed by atoms with E-state index in [1.54, 1.807) is 12.1 Å². The monoisotopic (exact) mass is 384 g/mol. The maximum Gasteiger partial charge on any atom is 0.266 e. The average Bonchev–Trinajstić information content (AvgIpc) is 3.00. The summed E-state index contributed by atoms with van der Waals surface area (Å²) in [5.41, 5.74) is 5.64. The molecule has 1 unspecified atom stereocenters. The molecule has 1 amide bonds. The molecule has 9 heteroatoms. The van der Waals surface area contributed by atoms with Crippen molar-refractivity contribution in [1.29, 1.82) is 10.5 Å². The number of aromatic amines is 1. The van der Waals surface area contributed by atoms with Crippen LogP contribution in [0.3, 0.4) is 0 Å². The number of rotatable bonds is 3. The van der Waals surface area contributed by atoms with Gasteiger partial charge in [-0.2, -0.15) is 10.5 Å². The van der Waals surface area contributed by atoms with E-state index in [0.717, 1.165) is 0 Å². The molecular weight excluding hydrogens is 375 g/mol. The Labute approximate surface area is 152 Å². The second-order valence-electron chi connectivity index (χ2n) is 5.47. The predicted octanol–water partition coefficient (Wildman–Crippen LogP) is 1.88. The zero-order chi connectivity index (χ0) is 19.1. The molecule has 0 radical (unpaired) electrons. The molecule has 0 bridgehead atoms. The number of benzene rings is 2. The molecule has 1 aromatic heterocycles. The molecular formula is C17H10ClN4O3P. The molecule has 0 fully saturated rings. The molecule has 3 aromatic rings. The second kappa shape index (κ2) is 6.33. The van der Waals surface area contributed by atoms with E-state index < -0.39 is 13.3 Å². The number of aromatic nitrogens is 1. The van der Waals surface area contributed by atoms with Crippen LogP contribution in [0.1, 0.15) is 21.6 Å². The zero-order valence-electron chi connectivity index (χ0n) is 13.0. The molecule has 1 heterocycles. The Morgan fingerprint density at radius 1 is 1.15 bits per heavy atom. The summed E-state index contributed by atoms with van der Waals surface area (Å²) in [6, 6.07) is 11.9. The minimum atomic E-state index is -4.38. The van der Waals surface area contributed by atoms with Crippen LogP contribution in [0, 0.1) is 22.7 Å². The van der Waals surface area contributed by atoms with E-state index in [0.29, 0.717) is 10.5 Å². The van der Waals surface area contributed by atoms with E-state index in [4.69, 9.17) is 27.9 Å². The molecule has 0 spiro atoms. The van der Waals surface area contributed by atoms with Gasteiger partial charge < -0.3 is 15.6 Å². The minimum absolute atomic E-state index is 0.0480. The molecule has 2 aromatic carbocycles. The summed E-state index contributed by atoms with van der Waals surface area (Å²) in [5, 5.41) is 18.4. The first-order valence-electron chi connectivity index (χ1n) is 7.18. The van der Waals surface area contributed by atoms with Gasteiger partial charge in [0.1, 0.15) is 5.69 Å². The van der Waals surface area contributed by atoms with Gasteiger partial charge in [0, 0.05) is 21.2 Å². The summed E-state index contributed by atoms with van der Waals surface area (Å²) < 4.78 is 13.3. The van der Waals surface area contributed by atoms with Crippen LogP contribution in [0.4, 0.5) is 0 Å². The maximum atomic E-state index is 13.3. The van der Waals surface area contributed by atoms with E-state index in [1.165, 1.54) is 24.3 Å². The summed E-state index contributed by atoms with van der Waals surface area (Å²) in [7, 11) is -4.38. The lowest BCUT2D eigenvalue weighted by Gasteiger charge is -2.13. The van der Waals surface area contributed by atoms with E-state index in [1.807, 2.05) is 12.1 Å². The first-order valence-corrected chi connectivity index (χ1v) is 9.22. The number of halogens is 1. The van der Waals surface area contributed by atoms with Crippen LogP contribution in [0.2, 0.25) is 5.02 Å². The van der Waals surface area contributed by atoms with Crippen molar-refractivity contribution in [2.75, 3.05) is 0 Å². The third-order valence-corrected chi connectivity index (χ3v) is 6.07. The fourth-order valence-electron chi connectivity index (χ4n) is 2.69. The van der Waals surface area contributed by atoms with Gasteiger partial charge in [0.05, 0.1) is 28.6 Å². The van der Waals surface area contributed by atoms with Crippen LogP contribution in [0.15, 0.2) is 36.4 Å². The highest BCUT2D eigenvalue weighted by atomic mass is 35.5. The second-order valence-corrected chi connectivity index (χ2v) is 8.02. The lowest BCUT2D eigenvalue weighted by molar-refractivity contribution is 0.0997. The first kappa shape index (κ1) is 17.7. The Morgan fingerprint density at radius 3 is 2.31 bits per heavy atom. The van der Waals surface area contributed by atoms with Crippen LogP contribution in [-0.2, 0) is 4.57 Å². The molecule has 3 rings (SSSR count). The summed E-state index contributed by atoms with van der Waals surface area (Å²) in [4.78, 5) is 25.4. The van der Waals surface area contributed by atoms with Gasteiger partial charge in [-0.25, -0.2) is 0 Å². The van der Waals surface area contributed by atoms with Gasteiger partial charge in [0.15, 0.2) is 0 Å². The standard InChI is InChI=1S/C17H10ClN4O3P/c18-11-1-2-14-13(6-11)16(15(22-14)17(21)23)26(24,25)12-4-9(7-19)3-10(5-12)8-20/h1-6,22H,(H2,21,23)(H,24,25). The van der Waals surface area contributed by atoms with Crippen molar-refractivity contribution in [1.82, 2.24) is 4.98 Å². The van der Waals surface area contributed by atoms with E-state index in [2.05, 4.69) is 4.98 Å². The number of amides is 1. The lowest BCUT2D eigenvalue weighted by atomic mass is 10.1. The van der Waals surface area contributed by atoms with Crippen LogP contribution in [0.5, 0.6) is 0 Å². The number of nitriles is 2. The third-order valence-electron chi connectivity index (χ3n) is 3.81. The van der Waals surface area contributed by atoms with Gasteiger partial charge in [-0.1, -0.05) is 11.6 Å². The molecule has 7 nitrogen and oxygen atoms in total. The maximum absolute atomic E-state index is 13.3. The highest BCUT2D eigenvalue weighted by molar-refractivity contribution is 7.74. The van der Waals surface area contributed by atoms with Crippen molar-refractivity contribution < 1.29 is 14.3 Å². The molecule has 0 aliphatic rings. The Bertz CT molecular complexity index is 1170. The summed E-state index contributed by atoms with van der Waals surface area (Å²) in [5.74, 6) is -0.918. The number of nitrogens with one attached hydrogen (secondary N) is 1. The zero-order valence-corrected chi connectivity index (χ0v) is 14.7. The highest BCUT2D eigenvalue weighted by Crippen LogP contribution is 2.43. The molecule has 0 aliphatic heterocycles. The van der Waals surface area contributed by atoms with E-state index in [-0.39, 0.29) is 32.8 Å². The molecule has 0 saturated carbocycles. The molecule has 0 saturated heterocycles. The number of fused-ring (bicyclic) bond motifs is 1. The molecule has 128 valence electrons. The Morgan fingerprint density at radius 2 is 1.77 bits per heavy atom. The molecule has 4 N–H and O–H groups in total. The van der Waals surface area contributed by atoms with Gasteiger partial charge in [-0.05, 0) is 36.4 Å². The lowest BCUT2D eigenvalue weighted by Crippen LogP contribution is -2.25. The quantitative estimate of drug-likeness (QED) is 0.590. The van der Waals surface area contributed by atoms with Crippen molar-refractivity contribution in [3.05, 3.63) is 58.2 Å². The Hall–Kier alpha value is -3.09. The van der Waals surface area contributed by atoms with Crippen LogP contribution in [0.25, 0.3) is 10.9 Å². The van der Waals surface area contributed by atoms with Crippen LogP contribution >= 0.6 is 19.0 Å². The predicted molar refractivity (Wildman–Crippen MR) is 96.8 cm³/mol. The topological polar surface area (TPSA) is 144 Å². The third kappa shape index (κ3) is 2.85. The minimum Gasteiger partial charge on any atom is -0.364 e. The van der Waals surface area contributed by atoms with Gasteiger partial charge in [0.25, 0.3) is 13.3 Å². The van der Waals surface area contributed by atoms with Gasteiger partial charge >= 0.3 is 0 Å². The number of nitrogens with zero attached hydrogens (tertiary/aromatic N) is 2. The number of primary amides is 1. The molecule has 26 heavy (non-hydrogen) atoms.